The van der Waals surface area contributed by atoms with Crippen molar-refractivity contribution >= 4 is 23.5 Å². The predicted molar refractivity (Wildman–Crippen MR) is 95.7 cm³/mol. The van der Waals surface area contributed by atoms with E-state index >= 15 is 0 Å². The van der Waals surface area contributed by atoms with E-state index in [9.17, 15) is 19.2 Å². The van der Waals surface area contributed by atoms with Gasteiger partial charge >= 0.3 is 11.9 Å². The number of hydrogen-bond acceptors (Lipinski definition) is 4. The van der Waals surface area contributed by atoms with Gasteiger partial charge in [-0.2, -0.15) is 12.1 Å². The summed E-state index contributed by atoms with van der Waals surface area (Å²) in [6.07, 6.45) is 0.429. The van der Waals surface area contributed by atoms with Gasteiger partial charge in [0.2, 0.25) is 0 Å². The van der Waals surface area contributed by atoms with Gasteiger partial charge in [-0.05, 0) is 19.3 Å². The van der Waals surface area contributed by atoms with Gasteiger partial charge < -0.3 is 50.1 Å². The van der Waals surface area contributed by atoms with Crippen molar-refractivity contribution in [1.29, 1.82) is 0 Å². The number of carboxylic acid groups (broad SMARTS) is 2. The van der Waals surface area contributed by atoms with Crippen LogP contribution in [0.25, 0.3) is 0 Å². The van der Waals surface area contributed by atoms with Crippen LogP contribution in [-0.2, 0) is 26.7 Å². The number of hydrogen-bond donors (Lipinski definition) is 2. The molecule has 0 heterocycles. The van der Waals surface area contributed by atoms with Crippen molar-refractivity contribution in [3.63, 3.8) is 0 Å². The number of rotatable bonds is 10. The van der Waals surface area contributed by atoms with E-state index < -0.39 is 11.9 Å². The fourth-order valence-electron chi connectivity index (χ4n) is 2.30. The molecular weight excluding hydrogens is 392 g/mol. The molecule has 2 aromatic carbocycles. The molecule has 0 saturated carbocycles. The molecule has 0 spiro atoms. The van der Waals surface area contributed by atoms with Crippen LogP contribution in [0.4, 0.5) is 0 Å². The minimum absolute atomic E-state index is 0. The van der Waals surface area contributed by atoms with Crippen molar-refractivity contribution in [3.8, 4) is 0 Å². The molecule has 0 aliphatic heterocycles. The molecule has 0 aromatic heterocycles. The van der Waals surface area contributed by atoms with Crippen molar-refractivity contribution < 1.29 is 46.5 Å². The van der Waals surface area contributed by atoms with Crippen LogP contribution in [0.3, 0.4) is 0 Å². The molecule has 0 aliphatic carbocycles. The number of carbonyl (C=O) groups excluding carboxylic acids is 2. The van der Waals surface area contributed by atoms with E-state index in [0.29, 0.717) is 11.1 Å². The monoisotopic (exact) mass is 414 g/mol. The number of aliphatic carboxylic acids is 2. The van der Waals surface area contributed by atoms with Crippen LogP contribution in [0.2, 0.25) is 0 Å². The predicted octanol–water partition coefficient (Wildman–Crippen LogP) is 3.68. The Hall–Kier alpha value is -2.50. The first-order valence-corrected chi connectivity index (χ1v) is 8.34. The second kappa shape index (κ2) is 13.7. The fraction of sp³-hybridized carbons (Fsp3) is 0.300. The smallest absolute Gasteiger partial charge is 0.303 e. The molecule has 2 aromatic rings. The topological polar surface area (TPSA) is 109 Å². The fourth-order valence-corrected chi connectivity index (χ4v) is 2.30. The maximum atomic E-state index is 12.0. The maximum absolute atomic E-state index is 12.0. The summed E-state index contributed by atoms with van der Waals surface area (Å²) >= 11 is 0. The van der Waals surface area contributed by atoms with Gasteiger partial charge in [0.15, 0.2) is 0 Å². The average Bonchev–Trinajstić information content (AvgIpc) is 3.28. The van der Waals surface area contributed by atoms with Crippen molar-refractivity contribution in [2.24, 2.45) is 0 Å². The standard InChI is InChI=1S/C15H17O6.C5H5.Fe/c16-12(6-2-8-14(18)19)10-4-1-5-11(10)13(17)7-3-9-15(20)21;1-2-4-5-3-1;/h1,4-5H,2-3,6-9H2,(H,18,19)(H,20,21);1-5H;/q-1;-5;. The van der Waals surface area contributed by atoms with Gasteiger partial charge in [0.05, 0.1) is 5.78 Å². The Bertz CT molecular complexity index is 651. The second-order valence-electron chi connectivity index (χ2n) is 5.66. The van der Waals surface area contributed by atoms with E-state index in [1.807, 2.05) is 30.3 Å². The molecule has 0 radical (unpaired) electrons. The molecule has 7 heteroatoms. The van der Waals surface area contributed by atoms with Gasteiger partial charge in [-0.15, -0.1) is 11.6 Å². The summed E-state index contributed by atoms with van der Waals surface area (Å²) in [5, 5.41) is 17.1. The van der Waals surface area contributed by atoms with Gasteiger partial charge in [-0.1, -0.05) is 5.56 Å². The van der Waals surface area contributed by atoms with Crippen LogP contribution in [-0.4, -0.2) is 33.7 Å². The molecule has 0 aliphatic rings. The number of Topliss-reactive ketones (excluding diaryl/α,β-unsaturated/α-hetero) is 2. The van der Waals surface area contributed by atoms with Crippen LogP contribution in [0.5, 0.6) is 0 Å². The average molecular weight is 414 g/mol. The Morgan fingerprint density at radius 1 is 0.815 bits per heavy atom. The van der Waals surface area contributed by atoms with Gasteiger partial charge in [0.1, 0.15) is 5.78 Å². The SMILES string of the molecule is O=C(O)CCCC(=O)c1ccc[c-]1C(=O)CCCC(=O)O.[Fe].[cH-]1[cH-][cH-][cH-][cH-]1. The quantitative estimate of drug-likeness (QED) is 0.349. The molecule has 6 nitrogen and oxygen atoms in total. The summed E-state index contributed by atoms with van der Waals surface area (Å²) in [6, 6.07) is 14.7. The van der Waals surface area contributed by atoms with Crippen LogP contribution in [0, 0.1) is 0 Å². The van der Waals surface area contributed by atoms with E-state index in [0.717, 1.165) is 0 Å². The minimum Gasteiger partial charge on any atom is -0.748 e. The zero-order valence-electron chi connectivity index (χ0n) is 14.7. The van der Waals surface area contributed by atoms with Crippen LogP contribution in [0.1, 0.15) is 59.2 Å². The van der Waals surface area contributed by atoms with E-state index in [4.69, 9.17) is 10.2 Å². The first kappa shape index (κ1) is 24.5. The second-order valence-corrected chi connectivity index (χ2v) is 5.66. The molecule has 0 saturated heterocycles. The third kappa shape index (κ3) is 10.3. The van der Waals surface area contributed by atoms with E-state index in [1.165, 1.54) is 12.1 Å². The van der Waals surface area contributed by atoms with E-state index in [2.05, 4.69) is 0 Å². The summed E-state index contributed by atoms with van der Waals surface area (Å²) < 4.78 is 0. The Labute approximate surface area is 168 Å². The summed E-state index contributed by atoms with van der Waals surface area (Å²) in [5.41, 5.74) is 0.585. The van der Waals surface area contributed by atoms with Crippen molar-refractivity contribution in [2.75, 3.05) is 0 Å². The van der Waals surface area contributed by atoms with Gasteiger partial charge in [-0.25, -0.2) is 0 Å². The maximum Gasteiger partial charge on any atom is 0.303 e. The first-order chi connectivity index (χ1) is 12.4. The molecular formula is C20H22FeO6-6. The van der Waals surface area contributed by atoms with E-state index in [-0.39, 0.29) is 67.2 Å². The van der Waals surface area contributed by atoms with Gasteiger partial charge in [0.25, 0.3) is 0 Å². The molecule has 0 bridgehead atoms. The summed E-state index contributed by atoms with van der Waals surface area (Å²) in [5.74, 6) is -2.45. The molecule has 0 amide bonds. The Morgan fingerprint density at radius 2 is 1.30 bits per heavy atom. The van der Waals surface area contributed by atoms with Crippen molar-refractivity contribution in [3.05, 3.63) is 59.7 Å². The van der Waals surface area contributed by atoms with Crippen molar-refractivity contribution in [2.45, 2.75) is 38.5 Å². The molecule has 2 N–H and O–H groups in total. The Morgan fingerprint density at radius 3 is 1.78 bits per heavy atom. The van der Waals surface area contributed by atoms with E-state index in [1.54, 1.807) is 6.07 Å². The van der Waals surface area contributed by atoms with Crippen molar-refractivity contribution in [1.82, 2.24) is 0 Å². The van der Waals surface area contributed by atoms with Gasteiger partial charge in [-0.3, -0.25) is 9.59 Å². The Kier molecular flexibility index (Phi) is 12.4. The first-order valence-electron chi connectivity index (χ1n) is 8.34. The zero-order valence-corrected chi connectivity index (χ0v) is 15.8. The number of ketones is 2. The summed E-state index contributed by atoms with van der Waals surface area (Å²) in [7, 11) is 0. The summed E-state index contributed by atoms with van der Waals surface area (Å²) in [6.45, 7) is 0. The van der Waals surface area contributed by atoms with Gasteiger partial charge in [0, 0.05) is 36.3 Å². The van der Waals surface area contributed by atoms with Crippen LogP contribution >= 0.6 is 0 Å². The third-order valence-corrected chi connectivity index (χ3v) is 3.56. The largest absolute Gasteiger partial charge is 0.748 e. The molecule has 2 rings (SSSR count). The zero-order chi connectivity index (χ0) is 19.4. The Balaban J connectivity index is 0.000000969. The third-order valence-electron chi connectivity index (χ3n) is 3.56. The molecule has 0 unspecified atom stereocenters. The molecule has 152 valence electrons. The number of carbonyl (C=O) groups is 4. The van der Waals surface area contributed by atoms with Crippen LogP contribution in [0.15, 0.2) is 48.5 Å². The van der Waals surface area contributed by atoms with Crippen LogP contribution < -0.4 is 0 Å². The normalized spacial score (nSPS) is 9.48. The minimum atomic E-state index is -0.963. The molecule has 0 fully saturated rings. The molecule has 27 heavy (non-hydrogen) atoms. The summed E-state index contributed by atoms with van der Waals surface area (Å²) in [4.78, 5) is 44.7. The number of carboxylic acids is 2. The molecule has 0 atom stereocenters.